The minimum atomic E-state index is -3.85. The molecule has 19 heavy (non-hydrogen) atoms. The molecule has 0 aromatic heterocycles. The number of halogens is 1. The normalized spacial score (nSPS) is 14.0. The molecule has 0 radical (unpaired) electrons. The van der Waals surface area contributed by atoms with Gasteiger partial charge in [-0.25, -0.2) is 21.6 Å². The summed E-state index contributed by atoms with van der Waals surface area (Å²) in [5.41, 5.74) is 0. The van der Waals surface area contributed by atoms with Gasteiger partial charge < -0.3 is 0 Å². The lowest BCUT2D eigenvalue weighted by molar-refractivity contribution is 0.562. The van der Waals surface area contributed by atoms with Crippen molar-refractivity contribution in [3.05, 3.63) is 36.9 Å². The Labute approximate surface area is 117 Å². The van der Waals surface area contributed by atoms with Crippen LogP contribution in [-0.2, 0) is 19.1 Å². The van der Waals surface area contributed by atoms with E-state index in [4.69, 9.17) is 10.7 Å². The maximum atomic E-state index is 12.0. The highest BCUT2D eigenvalue weighted by atomic mass is 35.7. The van der Waals surface area contributed by atoms with Crippen molar-refractivity contribution in [2.75, 3.05) is 0 Å². The summed E-state index contributed by atoms with van der Waals surface area (Å²) in [6.45, 7) is 5.23. The molecule has 1 unspecified atom stereocenters. The van der Waals surface area contributed by atoms with Crippen LogP contribution in [0.1, 0.15) is 13.3 Å². The van der Waals surface area contributed by atoms with Gasteiger partial charge in [0.25, 0.3) is 9.05 Å². The van der Waals surface area contributed by atoms with Crippen molar-refractivity contribution in [3.63, 3.8) is 0 Å². The second kappa shape index (κ2) is 6.04. The lowest BCUT2D eigenvalue weighted by Gasteiger charge is -2.12. The fraction of sp³-hybridized carbons (Fsp3) is 0.273. The Morgan fingerprint density at radius 3 is 2.11 bits per heavy atom. The molecular formula is C11H14ClNO4S2. The molecule has 0 amide bonds. The summed E-state index contributed by atoms with van der Waals surface area (Å²) in [4.78, 5) is -0.167. The molecule has 1 aromatic rings. The Morgan fingerprint density at radius 1 is 1.21 bits per heavy atom. The molecule has 0 aliphatic rings. The van der Waals surface area contributed by atoms with E-state index in [1.807, 2.05) is 0 Å². The van der Waals surface area contributed by atoms with Crippen LogP contribution < -0.4 is 4.72 Å². The zero-order valence-electron chi connectivity index (χ0n) is 10.2. The minimum absolute atomic E-state index is 0.0209. The highest BCUT2D eigenvalue weighted by Crippen LogP contribution is 2.18. The van der Waals surface area contributed by atoms with Crippen LogP contribution >= 0.6 is 10.7 Å². The lowest BCUT2D eigenvalue weighted by Crippen LogP contribution is -2.32. The molecule has 0 aliphatic carbocycles. The maximum absolute atomic E-state index is 12.0. The summed E-state index contributed by atoms with van der Waals surface area (Å²) in [7, 11) is -2.39. The van der Waals surface area contributed by atoms with E-state index in [0.717, 1.165) is 12.1 Å². The first-order chi connectivity index (χ1) is 8.66. The number of rotatable bonds is 6. The van der Waals surface area contributed by atoms with Crippen LogP contribution in [0.2, 0.25) is 0 Å². The topological polar surface area (TPSA) is 80.3 Å². The third-order valence-electron chi connectivity index (χ3n) is 2.29. The zero-order valence-corrected chi connectivity index (χ0v) is 12.6. The van der Waals surface area contributed by atoms with E-state index in [0.29, 0.717) is 6.42 Å². The first-order valence-electron chi connectivity index (χ1n) is 5.35. The summed E-state index contributed by atoms with van der Waals surface area (Å²) >= 11 is 0. The van der Waals surface area contributed by atoms with Crippen LogP contribution in [0.15, 0.2) is 46.7 Å². The largest absolute Gasteiger partial charge is 0.261 e. The lowest BCUT2D eigenvalue weighted by atomic mass is 10.3. The minimum Gasteiger partial charge on any atom is -0.208 e. The number of hydrogen-bond acceptors (Lipinski definition) is 4. The number of nitrogens with one attached hydrogen (secondary N) is 1. The van der Waals surface area contributed by atoms with E-state index in [9.17, 15) is 16.8 Å². The summed E-state index contributed by atoms with van der Waals surface area (Å²) in [5, 5.41) is 0. The Balaban J connectivity index is 3.00. The van der Waals surface area contributed by atoms with E-state index in [-0.39, 0.29) is 15.8 Å². The Bertz CT molecular complexity index is 650. The van der Waals surface area contributed by atoms with E-state index in [1.54, 1.807) is 13.0 Å². The van der Waals surface area contributed by atoms with Gasteiger partial charge in [0, 0.05) is 16.7 Å². The van der Waals surface area contributed by atoms with Crippen LogP contribution in [0.25, 0.3) is 0 Å². The van der Waals surface area contributed by atoms with Gasteiger partial charge in [0.2, 0.25) is 10.0 Å². The summed E-state index contributed by atoms with van der Waals surface area (Å²) in [6.07, 6.45) is 2.10. The smallest absolute Gasteiger partial charge is 0.208 e. The molecule has 106 valence electrons. The van der Waals surface area contributed by atoms with Gasteiger partial charge in [0.15, 0.2) is 0 Å². The van der Waals surface area contributed by atoms with Crippen molar-refractivity contribution in [1.29, 1.82) is 0 Å². The zero-order chi connectivity index (χ0) is 14.7. The molecule has 0 saturated heterocycles. The average molecular weight is 324 g/mol. The van der Waals surface area contributed by atoms with Crippen LogP contribution in [-0.4, -0.2) is 22.9 Å². The van der Waals surface area contributed by atoms with Crippen LogP contribution in [0.5, 0.6) is 0 Å². The van der Waals surface area contributed by atoms with Crippen molar-refractivity contribution >= 4 is 29.8 Å². The standard InChI is InChI=1S/C11H14ClNO4S2/c1-3-4-9(2)13-19(16,17)11-7-5-10(6-8-11)18(12,14)15/h3,5-9,13H,1,4H2,2H3. The second-order valence-electron chi connectivity index (χ2n) is 3.96. The molecule has 0 saturated carbocycles. The molecule has 0 spiro atoms. The first kappa shape index (κ1) is 16.2. The number of benzene rings is 1. The molecule has 1 N–H and O–H groups in total. The fourth-order valence-electron chi connectivity index (χ4n) is 1.41. The van der Waals surface area contributed by atoms with E-state index in [1.165, 1.54) is 12.1 Å². The Hall–Kier alpha value is -0.890. The summed E-state index contributed by atoms with van der Waals surface area (Å²) in [5.74, 6) is 0. The van der Waals surface area contributed by atoms with Crippen molar-refractivity contribution in [2.24, 2.45) is 0 Å². The summed E-state index contributed by atoms with van der Waals surface area (Å²) in [6, 6.07) is 4.39. The maximum Gasteiger partial charge on any atom is 0.261 e. The average Bonchev–Trinajstić information content (AvgIpc) is 2.27. The van der Waals surface area contributed by atoms with Gasteiger partial charge in [0.1, 0.15) is 0 Å². The van der Waals surface area contributed by atoms with Crippen LogP contribution in [0.3, 0.4) is 0 Å². The van der Waals surface area contributed by atoms with Gasteiger partial charge in [0.05, 0.1) is 9.79 Å². The molecule has 1 rings (SSSR count). The molecule has 0 fully saturated rings. The molecule has 0 heterocycles. The van der Waals surface area contributed by atoms with Gasteiger partial charge >= 0.3 is 0 Å². The Morgan fingerprint density at radius 2 is 1.68 bits per heavy atom. The Kier molecular flexibility index (Phi) is 5.14. The molecule has 8 heteroatoms. The van der Waals surface area contributed by atoms with Gasteiger partial charge in [-0.15, -0.1) is 6.58 Å². The second-order valence-corrected chi connectivity index (χ2v) is 8.24. The quantitative estimate of drug-likeness (QED) is 0.640. The molecule has 0 bridgehead atoms. The van der Waals surface area contributed by atoms with Crippen LogP contribution in [0, 0.1) is 0 Å². The van der Waals surface area contributed by atoms with Gasteiger partial charge in [-0.05, 0) is 37.6 Å². The molecule has 1 aromatic carbocycles. The van der Waals surface area contributed by atoms with E-state index >= 15 is 0 Å². The molecular weight excluding hydrogens is 310 g/mol. The first-order valence-corrected chi connectivity index (χ1v) is 9.14. The molecule has 0 aliphatic heterocycles. The number of hydrogen-bond donors (Lipinski definition) is 1. The highest BCUT2D eigenvalue weighted by Gasteiger charge is 2.18. The van der Waals surface area contributed by atoms with Crippen LogP contribution in [0.4, 0.5) is 0 Å². The third kappa shape index (κ3) is 4.61. The van der Waals surface area contributed by atoms with Gasteiger partial charge in [-0.3, -0.25) is 0 Å². The fourth-order valence-corrected chi connectivity index (χ4v) is 3.44. The van der Waals surface area contributed by atoms with Crippen molar-refractivity contribution in [2.45, 2.75) is 29.2 Å². The number of sulfonamides is 1. The predicted molar refractivity (Wildman–Crippen MR) is 74.1 cm³/mol. The van der Waals surface area contributed by atoms with Gasteiger partial charge in [-0.2, -0.15) is 0 Å². The SMILES string of the molecule is C=CCC(C)NS(=O)(=O)c1ccc(S(=O)(=O)Cl)cc1. The summed E-state index contributed by atoms with van der Waals surface area (Å²) < 4.78 is 48.4. The van der Waals surface area contributed by atoms with E-state index < -0.39 is 19.1 Å². The molecule has 1 atom stereocenters. The van der Waals surface area contributed by atoms with Crippen molar-refractivity contribution in [3.8, 4) is 0 Å². The monoisotopic (exact) mass is 323 g/mol. The van der Waals surface area contributed by atoms with Crippen molar-refractivity contribution < 1.29 is 16.8 Å². The molecule has 5 nitrogen and oxygen atoms in total. The van der Waals surface area contributed by atoms with E-state index in [2.05, 4.69) is 11.3 Å². The highest BCUT2D eigenvalue weighted by molar-refractivity contribution is 8.13. The predicted octanol–water partition coefficient (Wildman–Crippen LogP) is 1.86. The van der Waals surface area contributed by atoms with Crippen molar-refractivity contribution in [1.82, 2.24) is 4.72 Å². The van der Waals surface area contributed by atoms with Gasteiger partial charge in [-0.1, -0.05) is 6.08 Å². The third-order valence-corrected chi connectivity index (χ3v) is 5.27.